The van der Waals surface area contributed by atoms with Crippen LogP contribution >= 0.6 is 0 Å². The van der Waals surface area contributed by atoms with Crippen LogP contribution in [0.2, 0.25) is 0 Å². The number of carbonyl (C=O) groups is 1. The van der Waals surface area contributed by atoms with Crippen LogP contribution < -0.4 is 5.32 Å². The molecular weight excluding hydrogens is 210 g/mol. The number of rotatable bonds is 2. The average molecular weight is 221 g/mol. The predicted molar refractivity (Wildman–Crippen MR) is 71.1 cm³/mol. The third-order valence-corrected chi connectivity index (χ3v) is 2.97. The molecule has 3 aromatic rings. The van der Waals surface area contributed by atoms with Crippen molar-refractivity contribution in [2.45, 2.75) is 0 Å². The number of benzene rings is 3. The van der Waals surface area contributed by atoms with E-state index in [-0.39, 0.29) is 0 Å². The molecule has 0 heterocycles. The van der Waals surface area contributed by atoms with Crippen LogP contribution in [0.5, 0.6) is 0 Å². The van der Waals surface area contributed by atoms with Crippen LogP contribution in [0.4, 0.5) is 5.69 Å². The second kappa shape index (κ2) is 3.91. The first-order valence-corrected chi connectivity index (χ1v) is 5.50. The molecule has 0 atom stereocenters. The summed E-state index contributed by atoms with van der Waals surface area (Å²) in [4.78, 5) is 10.5. The van der Waals surface area contributed by atoms with E-state index >= 15 is 0 Å². The highest BCUT2D eigenvalue weighted by Crippen LogP contribution is 2.27. The van der Waals surface area contributed by atoms with E-state index in [1.54, 1.807) is 0 Å². The molecule has 0 fully saturated rings. The molecule has 0 unspecified atom stereocenters. The lowest BCUT2D eigenvalue weighted by molar-refractivity contribution is -0.105. The fourth-order valence-electron chi connectivity index (χ4n) is 2.16. The van der Waals surface area contributed by atoms with Gasteiger partial charge in [0, 0.05) is 5.69 Å². The third kappa shape index (κ3) is 1.64. The van der Waals surface area contributed by atoms with Crippen molar-refractivity contribution in [2.24, 2.45) is 0 Å². The number of anilines is 1. The zero-order chi connectivity index (χ0) is 11.7. The van der Waals surface area contributed by atoms with Crippen LogP contribution in [0.25, 0.3) is 21.5 Å². The molecule has 17 heavy (non-hydrogen) atoms. The van der Waals surface area contributed by atoms with Crippen LogP contribution in [-0.2, 0) is 4.79 Å². The molecule has 0 aromatic heterocycles. The van der Waals surface area contributed by atoms with Crippen molar-refractivity contribution in [3.63, 3.8) is 0 Å². The van der Waals surface area contributed by atoms with Gasteiger partial charge in [0.2, 0.25) is 6.41 Å². The van der Waals surface area contributed by atoms with Gasteiger partial charge in [0.15, 0.2) is 0 Å². The quantitative estimate of drug-likeness (QED) is 0.520. The molecule has 82 valence electrons. The molecule has 3 rings (SSSR count). The van der Waals surface area contributed by atoms with Crippen molar-refractivity contribution in [3.05, 3.63) is 54.6 Å². The van der Waals surface area contributed by atoms with Crippen LogP contribution in [-0.4, -0.2) is 6.41 Å². The maximum atomic E-state index is 10.5. The lowest BCUT2D eigenvalue weighted by atomic mass is 10.0. The minimum atomic E-state index is 0.701. The molecular formula is C15H11NO. The topological polar surface area (TPSA) is 29.1 Å². The van der Waals surface area contributed by atoms with Gasteiger partial charge in [0.25, 0.3) is 0 Å². The maximum absolute atomic E-state index is 10.5. The zero-order valence-electron chi connectivity index (χ0n) is 9.18. The number of amides is 1. The standard InChI is InChI=1S/C15H11NO/c17-10-16-13-8-7-12-6-5-11-3-1-2-4-14(11)15(12)9-13/h1-10H,(H,16,17). The summed E-state index contributed by atoms with van der Waals surface area (Å²) in [6.45, 7) is 0. The van der Waals surface area contributed by atoms with Crippen LogP contribution in [0.15, 0.2) is 54.6 Å². The minimum absolute atomic E-state index is 0.701. The Morgan fingerprint density at radius 3 is 2.35 bits per heavy atom. The Kier molecular flexibility index (Phi) is 2.26. The van der Waals surface area contributed by atoms with Crippen LogP contribution in [0.1, 0.15) is 0 Å². The van der Waals surface area contributed by atoms with Gasteiger partial charge in [-0.1, -0.05) is 42.5 Å². The second-order valence-corrected chi connectivity index (χ2v) is 3.98. The molecule has 2 nitrogen and oxygen atoms in total. The molecule has 2 heteroatoms. The highest BCUT2D eigenvalue weighted by Gasteiger charge is 2.00. The Morgan fingerprint density at radius 2 is 1.53 bits per heavy atom. The van der Waals surface area contributed by atoms with Gasteiger partial charge in [-0.05, 0) is 33.7 Å². The Balaban J connectivity index is 2.38. The summed E-state index contributed by atoms with van der Waals surface area (Å²) in [6.07, 6.45) is 0.701. The fourth-order valence-corrected chi connectivity index (χ4v) is 2.16. The minimum Gasteiger partial charge on any atom is -0.329 e. The second-order valence-electron chi connectivity index (χ2n) is 3.98. The normalized spacial score (nSPS) is 10.6. The van der Waals surface area contributed by atoms with E-state index in [2.05, 4.69) is 29.6 Å². The smallest absolute Gasteiger partial charge is 0.211 e. The van der Waals surface area contributed by atoms with Crippen molar-refractivity contribution >= 4 is 33.6 Å². The molecule has 0 aliphatic carbocycles. The summed E-state index contributed by atoms with van der Waals surface area (Å²) in [5.41, 5.74) is 0.823. The number of hydrogen-bond acceptors (Lipinski definition) is 1. The summed E-state index contributed by atoms with van der Waals surface area (Å²) in [6, 6.07) is 18.4. The van der Waals surface area contributed by atoms with Crippen molar-refractivity contribution in [2.75, 3.05) is 5.32 Å². The first-order valence-electron chi connectivity index (χ1n) is 5.50. The van der Waals surface area contributed by atoms with Crippen molar-refractivity contribution in [1.82, 2.24) is 0 Å². The Hall–Kier alpha value is -2.35. The Labute approximate surface area is 98.9 Å². The molecule has 0 spiro atoms. The summed E-state index contributed by atoms with van der Waals surface area (Å²) < 4.78 is 0. The number of nitrogens with one attached hydrogen (secondary N) is 1. The summed E-state index contributed by atoms with van der Waals surface area (Å²) in [7, 11) is 0. The third-order valence-electron chi connectivity index (χ3n) is 2.97. The molecule has 3 aromatic carbocycles. The van der Waals surface area contributed by atoms with E-state index in [0.717, 1.165) is 11.1 Å². The molecule has 1 amide bonds. The first kappa shape index (κ1) is 9.85. The van der Waals surface area contributed by atoms with Gasteiger partial charge in [-0.15, -0.1) is 0 Å². The fraction of sp³-hybridized carbons (Fsp3) is 0. The molecule has 1 N–H and O–H groups in total. The van der Waals surface area contributed by atoms with Gasteiger partial charge in [0.05, 0.1) is 0 Å². The predicted octanol–water partition coefficient (Wildman–Crippen LogP) is 3.56. The SMILES string of the molecule is O=CNc1ccc2ccc3ccccc3c2c1. The summed E-state index contributed by atoms with van der Waals surface area (Å²) in [5.74, 6) is 0. The molecule has 0 saturated heterocycles. The highest BCUT2D eigenvalue weighted by atomic mass is 16.1. The monoisotopic (exact) mass is 221 g/mol. The number of carbonyl (C=O) groups excluding carboxylic acids is 1. The Bertz CT molecular complexity index is 703. The van der Waals surface area contributed by atoms with E-state index in [0.29, 0.717) is 6.41 Å². The van der Waals surface area contributed by atoms with Gasteiger partial charge in [-0.2, -0.15) is 0 Å². The lowest BCUT2D eigenvalue weighted by Gasteiger charge is -2.05. The van der Waals surface area contributed by atoms with Crippen molar-refractivity contribution in [3.8, 4) is 0 Å². The van der Waals surface area contributed by atoms with Gasteiger partial charge >= 0.3 is 0 Å². The van der Waals surface area contributed by atoms with E-state index < -0.39 is 0 Å². The van der Waals surface area contributed by atoms with Gasteiger partial charge in [-0.3, -0.25) is 4.79 Å². The van der Waals surface area contributed by atoms with Crippen molar-refractivity contribution in [1.29, 1.82) is 0 Å². The van der Waals surface area contributed by atoms with E-state index in [1.165, 1.54) is 16.2 Å². The highest BCUT2D eigenvalue weighted by molar-refractivity contribution is 6.08. The maximum Gasteiger partial charge on any atom is 0.211 e. The largest absolute Gasteiger partial charge is 0.329 e. The Morgan fingerprint density at radius 1 is 0.824 bits per heavy atom. The molecule has 0 saturated carbocycles. The molecule has 0 aliphatic heterocycles. The van der Waals surface area contributed by atoms with Gasteiger partial charge in [0.1, 0.15) is 0 Å². The average Bonchev–Trinajstić information content (AvgIpc) is 2.39. The zero-order valence-corrected chi connectivity index (χ0v) is 9.18. The van der Waals surface area contributed by atoms with E-state index in [9.17, 15) is 4.79 Å². The van der Waals surface area contributed by atoms with E-state index in [4.69, 9.17) is 0 Å². The van der Waals surface area contributed by atoms with Crippen LogP contribution in [0.3, 0.4) is 0 Å². The summed E-state index contributed by atoms with van der Waals surface area (Å²) in [5, 5.41) is 7.45. The number of fused-ring (bicyclic) bond motifs is 3. The van der Waals surface area contributed by atoms with Crippen molar-refractivity contribution < 1.29 is 4.79 Å². The molecule has 0 radical (unpaired) electrons. The van der Waals surface area contributed by atoms with Crippen LogP contribution in [0, 0.1) is 0 Å². The molecule has 0 bridgehead atoms. The van der Waals surface area contributed by atoms with E-state index in [1.807, 2.05) is 30.3 Å². The van der Waals surface area contributed by atoms with Gasteiger partial charge < -0.3 is 5.32 Å². The lowest BCUT2D eigenvalue weighted by Crippen LogP contribution is -1.92. The number of hydrogen-bond donors (Lipinski definition) is 1. The first-order chi connectivity index (χ1) is 8.38. The molecule has 0 aliphatic rings. The summed E-state index contributed by atoms with van der Waals surface area (Å²) >= 11 is 0. The van der Waals surface area contributed by atoms with Gasteiger partial charge in [-0.25, -0.2) is 0 Å².